The topological polar surface area (TPSA) is 38.0 Å². The zero-order chi connectivity index (χ0) is 13.5. The van der Waals surface area contributed by atoms with Crippen molar-refractivity contribution in [2.24, 2.45) is 5.73 Å². The van der Waals surface area contributed by atoms with Crippen molar-refractivity contribution in [3.8, 4) is 0 Å². The van der Waals surface area contributed by atoms with Gasteiger partial charge in [0.15, 0.2) is 0 Å². The average Bonchev–Trinajstić information content (AvgIpc) is 2.28. The molecule has 2 nitrogen and oxygen atoms in total. The van der Waals surface area contributed by atoms with Gasteiger partial charge in [-0.1, -0.05) is 19.1 Å². The summed E-state index contributed by atoms with van der Waals surface area (Å²) in [7, 11) is 0. The number of thiocarbonyl (C=S) groups is 1. The Balaban J connectivity index is 2.57. The third-order valence-corrected chi connectivity index (χ3v) is 3.96. The highest BCUT2D eigenvalue weighted by atomic mass is 32.2. The minimum Gasteiger partial charge on any atom is -0.389 e. The van der Waals surface area contributed by atoms with Crippen LogP contribution in [-0.4, -0.2) is 22.5 Å². The van der Waals surface area contributed by atoms with Crippen molar-refractivity contribution in [3.63, 3.8) is 0 Å². The van der Waals surface area contributed by atoms with Crippen LogP contribution in [0.1, 0.15) is 31.4 Å². The zero-order valence-corrected chi connectivity index (χ0v) is 13.0. The van der Waals surface area contributed by atoms with E-state index in [-0.39, 0.29) is 0 Å². The minimum atomic E-state index is 0.464. The first-order valence-corrected chi connectivity index (χ1v) is 7.85. The van der Waals surface area contributed by atoms with Crippen LogP contribution in [0.2, 0.25) is 0 Å². The Bertz CT molecular complexity index is 405. The van der Waals surface area contributed by atoms with Crippen molar-refractivity contribution in [1.29, 1.82) is 0 Å². The maximum absolute atomic E-state index is 5.66. The lowest BCUT2D eigenvalue weighted by Crippen LogP contribution is -2.17. The Kier molecular flexibility index (Phi) is 6.50. The van der Waals surface area contributed by atoms with Gasteiger partial charge in [-0.2, -0.15) is 11.8 Å². The van der Waals surface area contributed by atoms with E-state index >= 15 is 0 Å². The molecule has 1 rings (SSSR count). The molecule has 0 spiro atoms. The summed E-state index contributed by atoms with van der Waals surface area (Å²) in [6.45, 7) is 6.45. The van der Waals surface area contributed by atoms with Gasteiger partial charge in [0, 0.05) is 17.3 Å². The molecule has 0 amide bonds. The van der Waals surface area contributed by atoms with Crippen LogP contribution in [0.3, 0.4) is 0 Å². The fourth-order valence-corrected chi connectivity index (χ4v) is 2.83. The number of anilines is 1. The predicted molar refractivity (Wildman–Crippen MR) is 87.8 cm³/mol. The highest BCUT2D eigenvalue weighted by Gasteiger charge is 2.05. The average molecular weight is 282 g/mol. The summed E-state index contributed by atoms with van der Waals surface area (Å²) in [6.07, 6.45) is 1.18. The van der Waals surface area contributed by atoms with E-state index in [0.717, 1.165) is 16.8 Å². The molecular formula is C14H22N2S2. The van der Waals surface area contributed by atoms with Gasteiger partial charge < -0.3 is 11.1 Å². The molecule has 1 unspecified atom stereocenters. The van der Waals surface area contributed by atoms with Crippen molar-refractivity contribution in [3.05, 3.63) is 29.3 Å². The SMILES string of the molecule is CCSCCC(C)Nc1ccc(C(N)=S)c(C)c1. The molecular weight excluding hydrogens is 260 g/mol. The molecule has 0 saturated heterocycles. The van der Waals surface area contributed by atoms with Gasteiger partial charge in [-0.25, -0.2) is 0 Å². The van der Waals surface area contributed by atoms with Crippen LogP contribution in [0.15, 0.2) is 18.2 Å². The van der Waals surface area contributed by atoms with Crippen LogP contribution < -0.4 is 11.1 Å². The van der Waals surface area contributed by atoms with Crippen molar-refractivity contribution in [2.45, 2.75) is 33.2 Å². The Morgan fingerprint density at radius 3 is 2.78 bits per heavy atom. The summed E-state index contributed by atoms with van der Waals surface area (Å²) < 4.78 is 0. The summed E-state index contributed by atoms with van der Waals surface area (Å²) in [4.78, 5) is 0.464. The molecule has 100 valence electrons. The monoisotopic (exact) mass is 282 g/mol. The van der Waals surface area contributed by atoms with E-state index in [1.54, 1.807) is 0 Å². The quantitative estimate of drug-likeness (QED) is 0.592. The second kappa shape index (κ2) is 7.64. The first kappa shape index (κ1) is 15.3. The number of rotatable bonds is 7. The normalized spacial score (nSPS) is 12.2. The fraction of sp³-hybridized carbons (Fsp3) is 0.500. The molecule has 0 fully saturated rings. The number of hydrogen-bond donors (Lipinski definition) is 2. The summed E-state index contributed by atoms with van der Waals surface area (Å²) in [5, 5.41) is 3.51. The predicted octanol–water partition coefficient (Wildman–Crippen LogP) is 3.57. The minimum absolute atomic E-state index is 0.464. The second-order valence-corrected chi connectivity index (χ2v) is 6.26. The van der Waals surface area contributed by atoms with E-state index in [4.69, 9.17) is 18.0 Å². The highest BCUT2D eigenvalue weighted by molar-refractivity contribution is 7.99. The van der Waals surface area contributed by atoms with E-state index in [1.165, 1.54) is 17.9 Å². The maximum atomic E-state index is 5.66. The number of aryl methyl sites for hydroxylation is 1. The molecule has 0 bridgehead atoms. The first-order valence-electron chi connectivity index (χ1n) is 6.29. The smallest absolute Gasteiger partial charge is 0.104 e. The zero-order valence-electron chi connectivity index (χ0n) is 11.3. The van der Waals surface area contributed by atoms with E-state index in [0.29, 0.717) is 11.0 Å². The lowest BCUT2D eigenvalue weighted by Gasteiger charge is -2.16. The fourth-order valence-electron chi connectivity index (χ4n) is 1.79. The summed E-state index contributed by atoms with van der Waals surface area (Å²) >= 11 is 6.99. The Morgan fingerprint density at radius 2 is 2.22 bits per heavy atom. The summed E-state index contributed by atoms with van der Waals surface area (Å²) in [5.74, 6) is 2.39. The van der Waals surface area contributed by atoms with Gasteiger partial charge in [0.05, 0.1) is 0 Å². The third-order valence-electron chi connectivity index (χ3n) is 2.80. The van der Waals surface area contributed by atoms with Gasteiger partial charge in [0.25, 0.3) is 0 Å². The van der Waals surface area contributed by atoms with E-state index in [1.807, 2.05) is 30.8 Å². The molecule has 18 heavy (non-hydrogen) atoms. The van der Waals surface area contributed by atoms with Gasteiger partial charge in [-0.05, 0) is 55.5 Å². The lowest BCUT2D eigenvalue weighted by molar-refractivity contribution is 0.771. The standard InChI is InChI=1S/C14H22N2S2/c1-4-18-8-7-11(3)16-12-5-6-13(14(15)17)10(2)9-12/h5-6,9,11,16H,4,7-8H2,1-3H3,(H2,15,17). The number of hydrogen-bond acceptors (Lipinski definition) is 3. The maximum Gasteiger partial charge on any atom is 0.104 e. The van der Waals surface area contributed by atoms with Crippen LogP contribution in [0, 0.1) is 6.92 Å². The molecule has 1 aromatic carbocycles. The van der Waals surface area contributed by atoms with Crippen molar-refractivity contribution in [1.82, 2.24) is 0 Å². The highest BCUT2D eigenvalue weighted by Crippen LogP contribution is 2.17. The number of nitrogens with one attached hydrogen (secondary N) is 1. The van der Waals surface area contributed by atoms with Gasteiger partial charge in [0.1, 0.15) is 4.99 Å². The largest absolute Gasteiger partial charge is 0.389 e. The van der Waals surface area contributed by atoms with Gasteiger partial charge >= 0.3 is 0 Å². The summed E-state index contributed by atoms with van der Waals surface area (Å²) in [5.41, 5.74) is 8.89. The molecule has 0 aliphatic rings. The molecule has 0 heterocycles. The van der Waals surface area contributed by atoms with E-state index in [2.05, 4.69) is 25.2 Å². The molecule has 0 saturated carbocycles. The van der Waals surface area contributed by atoms with Gasteiger partial charge in [-0.15, -0.1) is 0 Å². The van der Waals surface area contributed by atoms with E-state index in [9.17, 15) is 0 Å². The Morgan fingerprint density at radius 1 is 1.50 bits per heavy atom. The van der Waals surface area contributed by atoms with Crippen LogP contribution in [0.4, 0.5) is 5.69 Å². The van der Waals surface area contributed by atoms with Gasteiger partial charge in [0.2, 0.25) is 0 Å². The number of thioether (sulfide) groups is 1. The molecule has 1 aromatic rings. The van der Waals surface area contributed by atoms with Gasteiger partial charge in [-0.3, -0.25) is 0 Å². The molecule has 3 N–H and O–H groups in total. The molecule has 0 aliphatic heterocycles. The molecule has 1 atom stereocenters. The Hall–Kier alpha value is -0.740. The lowest BCUT2D eigenvalue weighted by atomic mass is 10.1. The number of nitrogens with two attached hydrogens (primary N) is 1. The van der Waals surface area contributed by atoms with Crippen molar-refractivity contribution in [2.75, 3.05) is 16.8 Å². The van der Waals surface area contributed by atoms with Crippen LogP contribution in [-0.2, 0) is 0 Å². The first-order chi connectivity index (χ1) is 8.54. The second-order valence-electron chi connectivity index (χ2n) is 4.42. The third kappa shape index (κ3) is 4.86. The Labute approximate surface area is 120 Å². The molecule has 0 aromatic heterocycles. The molecule has 0 radical (unpaired) electrons. The summed E-state index contributed by atoms with van der Waals surface area (Å²) in [6, 6.07) is 6.63. The molecule has 4 heteroatoms. The number of benzene rings is 1. The van der Waals surface area contributed by atoms with Crippen LogP contribution >= 0.6 is 24.0 Å². The van der Waals surface area contributed by atoms with Crippen LogP contribution in [0.25, 0.3) is 0 Å². The molecule has 0 aliphatic carbocycles. The van der Waals surface area contributed by atoms with Crippen molar-refractivity contribution < 1.29 is 0 Å². The van der Waals surface area contributed by atoms with Crippen molar-refractivity contribution >= 4 is 34.7 Å². The van der Waals surface area contributed by atoms with E-state index < -0.39 is 0 Å². The van der Waals surface area contributed by atoms with Crippen LogP contribution in [0.5, 0.6) is 0 Å².